The monoisotopic (exact) mass is 318 g/mol. The SMILES string of the molecule is CCc1occ(C)c1C(=O)Nc1ccc(Cl)c2c1C(=O)NC2. The van der Waals surface area contributed by atoms with Gasteiger partial charge in [-0.05, 0) is 19.1 Å². The molecule has 1 aliphatic rings. The first-order valence-electron chi connectivity index (χ1n) is 7.00. The molecular formula is C16H15ClN2O3. The smallest absolute Gasteiger partial charge is 0.259 e. The Morgan fingerprint density at radius 1 is 1.45 bits per heavy atom. The number of halogens is 1. The van der Waals surface area contributed by atoms with Gasteiger partial charge < -0.3 is 15.1 Å². The number of carbonyl (C=O) groups is 2. The van der Waals surface area contributed by atoms with Gasteiger partial charge in [0.15, 0.2) is 0 Å². The second-order valence-corrected chi connectivity index (χ2v) is 5.56. The van der Waals surface area contributed by atoms with Crippen LogP contribution in [0.2, 0.25) is 5.02 Å². The van der Waals surface area contributed by atoms with Crippen molar-refractivity contribution in [2.45, 2.75) is 26.8 Å². The maximum absolute atomic E-state index is 12.5. The van der Waals surface area contributed by atoms with Crippen molar-refractivity contribution in [1.29, 1.82) is 0 Å². The Morgan fingerprint density at radius 3 is 2.95 bits per heavy atom. The van der Waals surface area contributed by atoms with E-state index in [0.717, 1.165) is 5.56 Å². The highest BCUT2D eigenvalue weighted by Crippen LogP contribution is 2.31. The van der Waals surface area contributed by atoms with Gasteiger partial charge >= 0.3 is 0 Å². The van der Waals surface area contributed by atoms with Crippen LogP contribution in [-0.2, 0) is 13.0 Å². The minimum absolute atomic E-state index is 0.229. The molecule has 0 atom stereocenters. The molecule has 1 aromatic carbocycles. The van der Waals surface area contributed by atoms with Crippen molar-refractivity contribution in [3.05, 3.63) is 51.4 Å². The molecule has 114 valence electrons. The number of carbonyl (C=O) groups excluding carboxylic acids is 2. The van der Waals surface area contributed by atoms with Gasteiger partial charge in [0.05, 0.1) is 23.1 Å². The first-order chi connectivity index (χ1) is 10.5. The van der Waals surface area contributed by atoms with Crippen LogP contribution in [0.4, 0.5) is 5.69 Å². The predicted octanol–water partition coefficient (Wildman–Crippen LogP) is 3.30. The van der Waals surface area contributed by atoms with E-state index in [1.807, 2.05) is 13.8 Å². The number of rotatable bonds is 3. The van der Waals surface area contributed by atoms with Gasteiger partial charge in [-0.3, -0.25) is 9.59 Å². The van der Waals surface area contributed by atoms with Gasteiger partial charge in [-0.1, -0.05) is 18.5 Å². The van der Waals surface area contributed by atoms with Gasteiger partial charge in [-0.2, -0.15) is 0 Å². The molecule has 0 fully saturated rings. The average molecular weight is 319 g/mol. The summed E-state index contributed by atoms with van der Waals surface area (Å²) in [6.07, 6.45) is 2.18. The Kier molecular flexibility index (Phi) is 3.66. The van der Waals surface area contributed by atoms with Crippen LogP contribution in [0.15, 0.2) is 22.8 Å². The first kappa shape index (κ1) is 14.7. The van der Waals surface area contributed by atoms with Gasteiger partial charge in [0, 0.05) is 29.1 Å². The van der Waals surface area contributed by atoms with Gasteiger partial charge in [0.2, 0.25) is 0 Å². The molecule has 0 unspecified atom stereocenters. The zero-order valence-corrected chi connectivity index (χ0v) is 13.0. The number of fused-ring (bicyclic) bond motifs is 1. The van der Waals surface area contributed by atoms with E-state index in [1.165, 1.54) is 0 Å². The molecule has 3 rings (SSSR count). The highest BCUT2D eigenvalue weighted by molar-refractivity contribution is 6.32. The second-order valence-electron chi connectivity index (χ2n) is 5.16. The van der Waals surface area contributed by atoms with Crippen LogP contribution < -0.4 is 10.6 Å². The van der Waals surface area contributed by atoms with E-state index < -0.39 is 0 Å². The number of nitrogens with one attached hydrogen (secondary N) is 2. The molecule has 0 saturated heterocycles. The van der Waals surface area contributed by atoms with Crippen LogP contribution in [0.3, 0.4) is 0 Å². The van der Waals surface area contributed by atoms with Crippen molar-refractivity contribution in [3.8, 4) is 0 Å². The highest BCUT2D eigenvalue weighted by atomic mass is 35.5. The fourth-order valence-electron chi connectivity index (χ4n) is 2.66. The molecule has 2 amide bonds. The van der Waals surface area contributed by atoms with Crippen LogP contribution >= 0.6 is 11.6 Å². The molecule has 0 bridgehead atoms. The Bertz CT molecular complexity index is 780. The molecule has 0 aliphatic carbocycles. The summed E-state index contributed by atoms with van der Waals surface area (Å²) in [5, 5.41) is 6.03. The van der Waals surface area contributed by atoms with Crippen LogP contribution in [0, 0.1) is 6.92 Å². The number of aryl methyl sites for hydroxylation is 2. The zero-order valence-electron chi connectivity index (χ0n) is 12.2. The number of amides is 2. The Hall–Kier alpha value is -2.27. The summed E-state index contributed by atoms with van der Waals surface area (Å²) < 4.78 is 5.38. The predicted molar refractivity (Wildman–Crippen MR) is 83.4 cm³/mol. The summed E-state index contributed by atoms with van der Waals surface area (Å²) in [7, 11) is 0. The van der Waals surface area contributed by atoms with E-state index in [2.05, 4.69) is 10.6 Å². The lowest BCUT2D eigenvalue weighted by Crippen LogP contribution is -2.18. The summed E-state index contributed by atoms with van der Waals surface area (Å²) >= 11 is 6.10. The van der Waals surface area contributed by atoms with Crippen molar-refractivity contribution >= 4 is 29.1 Å². The zero-order chi connectivity index (χ0) is 15.9. The largest absolute Gasteiger partial charge is 0.468 e. The molecule has 0 spiro atoms. The summed E-state index contributed by atoms with van der Waals surface area (Å²) in [5.74, 6) is 0.116. The fraction of sp³-hybridized carbons (Fsp3) is 0.250. The van der Waals surface area contributed by atoms with E-state index in [-0.39, 0.29) is 11.8 Å². The molecule has 6 heteroatoms. The van der Waals surface area contributed by atoms with Crippen molar-refractivity contribution in [2.24, 2.45) is 0 Å². The standard InChI is InChI=1S/C16H15ClN2O3/c1-3-12-13(8(2)7-22-12)16(21)19-11-5-4-10(17)9-6-18-15(20)14(9)11/h4-5,7H,3,6H2,1-2H3,(H,18,20)(H,19,21). The summed E-state index contributed by atoms with van der Waals surface area (Å²) in [6, 6.07) is 3.32. The van der Waals surface area contributed by atoms with E-state index in [4.69, 9.17) is 16.0 Å². The van der Waals surface area contributed by atoms with Crippen LogP contribution in [0.1, 0.15) is 44.5 Å². The maximum atomic E-state index is 12.5. The Morgan fingerprint density at radius 2 is 2.23 bits per heavy atom. The lowest BCUT2D eigenvalue weighted by molar-refractivity contribution is 0.0966. The molecule has 2 N–H and O–H groups in total. The minimum Gasteiger partial charge on any atom is -0.468 e. The van der Waals surface area contributed by atoms with Gasteiger partial charge in [-0.25, -0.2) is 0 Å². The normalized spacial score (nSPS) is 13.0. The summed E-state index contributed by atoms with van der Waals surface area (Å²) in [5.41, 5.74) is 2.89. The average Bonchev–Trinajstić information content (AvgIpc) is 3.06. The third-order valence-corrected chi connectivity index (χ3v) is 4.11. The topological polar surface area (TPSA) is 71.3 Å². The minimum atomic E-state index is -0.285. The van der Waals surface area contributed by atoms with Gasteiger partial charge in [0.1, 0.15) is 5.76 Å². The number of anilines is 1. The molecule has 0 saturated carbocycles. The third kappa shape index (κ3) is 2.27. The molecular weight excluding hydrogens is 304 g/mol. The molecule has 2 aromatic rings. The van der Waals surface area contributed by atoms with E-state index in [9.17, 15) is 9.59 Å². The van der Waals surface area contributed by atoms with Crippen LogP contribution in [0.25, 0.3) is 0 Å². The van der Waals surface area contributed by atoms with Crippen LogP contribution in [0.5, 0.6) is 0 Å². The van der Waals surface area contributed by atoms with Crippen molar-refractivity contribution < 1.29 is 14.0 Å². The molecule has 22 heavy (non-hydrogen) atoms. The van der Waals surface area contributed by atoms with E-state index >= 15 is 0 Å². The molecule has 5 nitrogen and oxygen atoms in total. The third-order valence-electron chi connectivity index (χ3n) is 3.76. The summed E-state index contributed by atoms with van der Waals surface area (Å²) in [6.45, 7) is 4.11. The van der Waals surface area contributed by atoms with Gasteiger partial charge in [-0.15, -0.1) is 0 Å². The number of benzene rings is 1. The fourth-order valence-corrected chi connectivity index (χ4v) is 2.89. The van der Waals surface area contributed by atoms with Crippen molar-refractivity contribution in [2.75, 3.05) is 5.32 Å². The molecule has 1 aromatic heterocycles. The summed E-state index contributed by atoms with van der Waals surface area (Å²) in [4.78, 5) is 24.5. The molecule has 0 radical (unpaired) electrons. The Labute approximate surface area is 132 Å². The van der Waals surface area contributed by atoms with E-state index in [0.29, 0.717) is 46.1 Å². The lowest BCUT2D eigenvalue weighted by Gasteiger charge is -2.10. The quantitative estimate of drug-likeness (QED) is 0.912. The Balaban J connectivity index is 1.98. The van der Waals surface area contributed by atoms with Gasteiger partial charge in [0.25, 0.3) is 11.8 Å². The molecule has 2 heterocycles. The van der Waals surface area contributed by atoms with E-state index in [1.54, 1.807) is 18.4 Å². The van der Waals surface area contributed by atoms with Crippen molar-refractivity contribution in [1.82, 2.24) is 5.32 Å². The highest BCUT2D eigenvalue weighted by Gasteiger charge is 2.27. The lowest BCUT2D eigenvalue weighted by atomic mass is 10.1. The number of hydrogen-bond donors (Lipinski definition) is 2. The number of furan rings is 1. The second kappa shape index (κ2) is 5.50. The van der Waals surface area contributed by atoms with Crippen LogP contribution in [-0.4, -0.2) is 11.8 Å². The maximum Gasteiger partial charge on any atom is 0.259 e. The number of hydrogen-bond acceptors (Lipinski definition) is 3. The molecule has 1 aliphatic heterocycles. The first-order valence-corrected chi connectivity index (χ1v) is 7.38. The van der Waals surface area contributed by atoms with Crippen molar-refractivity contribution in [3.63, 3.8) is 0 Å².